The second-order valence-corrected chi connectivity index (χ2v) is 6.56. The predicted octanol–water partition coefficient (Wildman–Crippen LogP) is 0.963. The van der Waals surface area contributed by atoms with Gasteiger partial charge in [-0.1, -0.05) is 11.8 Å². The highest BCUT2D eigenvalue weighted by atomic mass is 16.5. The molecule has 2 aromatic heterocycles. The molecule has 0 radical (unpaired) electrons. The maximum absolute atomic E-state index is 12.6. The molecule has 146 valence electrons. The van der Waals surface area contributed by atoms with E-state index in [1.807, 2.05) is 0 Å². The van der Waals surface area contributed by atoms with E-state index >= 15 is 0 Å². The molecule has 0 unspecified atom stereocenters. The molecule has 9 heteroatoms. The molecular weight excluding hydrogens is 374 g/mol. The number of hydrogen-bond donors (Lipinski definition) is 4. The summed E-state index contributed by atoms with van der Waals surface area (Å²) in [6, 6.07) is 6.18. The Hall–Kier alpha value is -4.19. The molecule has 3 heterocycles. The van der Waals surface area contributed by atoms with Crippen LogP contribution in [0.1, 0.15) is 5.56 Å². The number of hydrogen-bond acceptors (Lipinski definition) is 6. The average molecular weight is 391 g/mol. The molecular formula is C20H17N5O4. The highest BCUT2D eigenvalue weighted by Crippen LogP contribution is 2.32. The summed E-state index contributed by atoms with van der Waals surface area (Å²) in [6.45, 7) is -0.106. The molecule has 1 atom stereocenters. The van der Waals surface area contributed by atoms with Gasteiger partial charge in [-0.05, 0) is 24.3 Å². The minimum atomic E-state index is -1.58. The number of nitrogen functional groups attached to an aromatic ring is 1. The van der Waals surface area contributed by atoms with Crippen molar-refractivity contribution in [3.63, 3.8) is 0 Å². The van der Waals surface area contributed by atoms with Crippen molar-refractivity contribution in [1.82, 2.24) is 20.2 Å². The van der Waals surface area contributed by atoms with E-state index in [1.54, 1.807) is 30.5 Å². The van der Waals surface area contributed by atoms with Gasteiger partial charge in [0.1, 0.15) is 5.75 Å². The molecule has 0 saturated carbocycles. The number of urea groups is 1. The zero-order valence-corrected chi connectivity index (χ0v) is 15.4. The Morgan fingerprint density at radius 2 is 2.17 bits per heavy atom. The number of nitrogens with zero attached hydrogens (tertiary/aromatic N) is 2. The molecule has 1 saturated heterocycles. The Labute approximate surface area is 165 Å². The van der Waals surface area contributed by atoms with Crippen LogP contribution >= 0.6 is 0 Å². The summed E-state index contributed by atoms with van der Waals surface area (Å²) in [5, 5.41) is 16.7. The highest BCUT2D eigenvalue weighted by Gasteiger charge is 2.46. The smallest absolute Gasteiger partial charge is 0.323 e. The Morgan fingerprint density at radius 1 is 1.34 bits per heavy atom. The van der Waals surface area contributed by atoms with E-state index in [0.717, 1.165) is 5.39 Å². The van der Waals surface area contributed by atoms with Crippen molar-refractivity contribution in [2.75, 3.05) is 12.8 Å². The summed E-state index contributed by atoms with van der Waals surface area (Å²) in [5.74, 6) is 5.55. The van der Waals surface area contributed by atoms with Gasteiger partial charge in [-0.15, -0.1) is 0 Å². The monoisotopic (exact) mass is 391 g/mol. The summed E-state index contributed by atoms with van der Waals surface area (Å²) in [5.41, 5.74) is 5.10. The van der Waals surface area contributed by atoms with Crippen molar-refractivity contribution < 1.29 is 19.4 Å². The second-order valence-electron chi connectivity index (χ2n) is 6.56. The number of aromatic nitrogens is 2. The second kappa shape index (κ2) is 6.76. The first-order valence-corrected chi connectivity index (χ1v) is 8.64. The fourth-order valence-electron chi connectivity index (χ4n) is 3.15. The van der Waals surface area contributed by atoms with Crippen molar-refractivity contribution in [3.05, 3.63) is 48.4 Å². The largest absolute Gasteiger partial charge is 0.497 e. The van der Waals surface area contributed by atoms with Gasteiger partial charge in [0.2, 0.25) is 5.54 Å². The number of carbonyl (C=O) groups excluding carboxylic acids is 2. The van der Waals surface area contributed by atoms with Gasteiger partial charge in [0.25, 0.3) is 5.91 Å². The Morgan fingerprint density at radius 3 is 2.86 bits per heavy atom. The first kappa shape index (κ1) is 18.2. The molecule has 1 fully saturated rings. The molecule has 0 spiro atoms. The van der Waals surface area contributed by atoms with Gasteiger partial charge in [-0.3, -0.25) is 15.1 Å². The Bertz CT molecular complexity index is 1210. The number of benzene rings is 1. The van der Waals surface area contributed by atoms with Crippen LogP contribution in [-0.2, 0) is 11.3 Å². The van der Waals surface area contributed by atoms with Gasteiger partial charge in [-0.2, -0.15) is 0 Å². The minimum Gasteiger partial charge on any atom is -0.497 e. The number of imide groups is 1. The number of pyridine rings is 1. The zero-order valence-electron chi connectivity index (χ0n) is 15.4. The number of anilines is 1. The molecule has 1 aliphatic heterocycles. The number of amides is 3. The molecule has 29 heavy (non-hydrogen) atoms. The maximum Gasteiger partial charge on any atom is 0.323 e. The zero-order chi connectivity index (χ0) is 20.6. The lowest BCUT2D eigenvalue weighted by Gasteiger charge is -2.20. The van der Waals surface area contributed by atoms with Crippen LogP contribution in [0, 0.1) is 11.8 Å². The van der Waals surface area contributed by atoms with E-state index in [0.29, 0.717) is 22.4 Å². The lowest BCUT2D eigenvalue weighted by Crippen LogP contribution is -2.49. The van der Waals surface area contributed by atoms with Gasteiger partial charge in [0, 0.05) is 23.2 Å². The van der Waals surface area contributed by atoms with Crippen LogP contribution in [-0.4, -0.2) is 39.2 Å². The van der Waals surface area contributed by atoms with E-state index in [4.69, 9.17) is 10.5 Å². The van der Waals surface area contributed by atoms with Gasteiger partial charge >= 0.3 is 6.03 Å². The molecule has 5 N–H and O–H groups in total. The van der Waals surface area contributed by atoms with Crippen molar-refractivity contribution in [3.8, 4) is 23.5 Å². The molecule has 0 aliphatic carbocycles. The van der Waals surface area contributed by atoms with E-state index in [-0.39, 0.29) is 12.4 Å². The summed E-state index contributed by atoms with van der Waals surface area (Å²) < 4.78 is 6.65. The number of methoxy groups -OCH3 is 1. The lowest BCUT2D eigenvalue weighted by molar-refractivity contribution is -0.122. The molecule has 4 rings (SSSR count). The maximum atomic E-state index is 12.6. The lowest BCUT2D eigenvalue weighted by atomic mass is 10.00. The molecule has 3 amide bonds. The van der Waals surface area contributed by atoms with Crippen molar-refractivity contribution in [2.45, 2.75) is 12.1 Å². The van der Waals surface area contributed by atoms with E-state index in [2.05, 4.69) is 27.5 Å². The number of nitrogens with two attached hydrogens (primary N) is 1. The highest BCUT2D eigenvalue weighted by molar-refractivity contribution is 6.09. The summed E-state index contributed by atoms with van der Waals surface area (Å²) in [7, 11) is 1.53. The predicted molar refractivity (Wildman–Crippen MR) is 105 cm³/mol. The van der Waals surface area contributed by atoms with Gasteiger partial charge < -0.3 is 25.5 Å². The number of aromatic hydroxyl groups is 1. The number of fused-ring (bicyclic) bond motifs is 1. The van der Waals surface area contributed by atoms with E-state index < -0.39 is 17.5 Å². The van der Waals surface area contributed by atoms with Crippen LogP contribution < -0.4 is 21.1 Å². The van der Waals surface area contributed by atoms with Crippen molar-refractivity contribution >= 4 is 28.4 Å². The van der Waals surface area contributed by atoms with Crippen LogP contribution in [0.5, 0.6) is 11.6 Å². The van der Waals surface area contributed by atoms with Crippen LogP contribution in [0.4, 0.5) is 10.5 Å². The van der Waals surface area contributed by atoms with Crippen LogP contribution in [0.25, 0.3) is 10.8 Å². The average Bonchev–Trinajstić information content (AvgIpc) is 3.16. The van der Waals surface area contributed by atoms with Crippen molar-refractivity contribution in [1.29, 1.82) is 0 Å². The van der Waals surface area contributed by atoms with Crippen molar-refractivity contribution in [2.24, 2.45) is 0 Å². The third-order valence-electron chi connectivity index (χ3n) is 4.68. The quantitative estimate of drug-likeness (QED) is 0.389. The number of nitrogens with one attached hydrogen (secondary N) is 2. The summed E-state index contributed by atoms with van der Waals surface area (Å²) >= 11 is 0. The Balaban J connectivity index is 1.77. The van der Waals surface area contributed by atoms with Crippen LogP contribution in [0.15, 0.2) is 42.9 Å². The Kier molecular flexibility index (Phi) is 4.24. The van der Waals surface area contributed by atoms with Crippen LogP contribution in [0.2, 0.25) is 0 Å². The normalized spacial score (nSPS) is 18.1. The molecule has 1 aromatic carbocycles. The molecule has 3 aromatic rings. The third kappa shape index (κ3) is 3.17. The van der Waals surface area contributed by atoms with Gasteiger partial charge in [0.15, 0.2) is 5.88 Å². The van der Waals surface area contributed by atoms with Gasteiger partial charge in [-0.25, -0.2) is 4.79 Å². The molecule has 1 aliphatic rings. The van der Waals surface area contributed by atoms with Gasteiger partial charge in [0.05, 0.1) is 31.1 Å². The van der Waals surface area contributed by atoms with Crippen LogP contribution in [0.3, 0.4) is 0 Å². The summed E-state index contributed by atoms with van der Waals surface area (Å²) in [6.07, 6.45) is 4.65. The standard InChI is InChI=1S/C20H17N5O4/c1-29-14-3-2-13-10-25(17(26)15(13)8-14)11-20(18(27)23-19(28)24-20)6-4-12-5-7-22-9-16(12)21/h2-3,5,7-10,26H,11,21H2,1H3,(H2,23,24,27,28)/t20-/m1/s1. The first-order valence-electron chi connectivity index (χ1n) is 8.64. The first-order chi connectivity index (χ1) is 13.9. The molecule has 9 nitrogen and oxygen atoms in total. The number of rotatable bonds is 3. The summed E-state index contributed by atoms with van der Waals surface area (Å²) in [4.78, 5) is 28.3. The SMILES string of the molecule is COc1ccc2cn(C[C@@]3(C#Cc4ccncc4N)NC(=O)NC3=O)c(O)c2c1. The number of ether oxygens (including phenoxy) is 1. The fraction of sp³-hybridized carbons (Fsp3) is 0.150. The van der Waals surface area contributed by atoms with E-state index in [9.17, 15) is 14.7 Å². The molecule has 0 bridgehead atoms. The topological polar surface area (TPSA) is 131 Å². The third-order valence-corrected chi connectivity index (χ3v) is 4.68. The minimum absolute atomic E-state index is 0.0718. The van der Waals surface area contributed by atoms with E-state index in [1.165, 1.54) is 24.1 Å². The fourth-order valence-corrected chi connectivity index (χ4v) is 3.15. The number of carbonyl (C=O) groups is 2.